The number of Topliss-reactive ketones (excluding diaryl/α,β-unsaturated/α-hetero) is 2. The van der Waals surface area contributed by atoms with Crippen LogP contribution < -0.4 is 11.1 Å². The summed E-state index contributed by atoms with van der Waals surface area (Å²) in [4.78, 5) is 54.8. The number of halogens is 1. The van der Waals surface area contributed by atoms with Crippen LogP contribution in [0, 0.1) is 0 Å². The highest BCUT2D eigenvalue weighted by Crippen LogP contribution is 2.47. The Labute approximate surface area is 224 Å². The highest BCUT2D eigenvalue weighted by molar-refractivity contribution is 6.35. The van der Waals surface area contributed by atoms with Crippen molar-refractivity contribution in [2.75, 3.05) is 26.9 Å². The fourth-order valence-electron chi connectivity index (χ4n) is 4.94. The Hall–Kier alpha value is -3.79. The molecule has 0 amide bonds. The molecule has 38 heavy (non-hydrogen) atoms. The normalized spacial score (nSPS) is 18.3. The maximum Gasteiger partial charge on any atom is 0.336 e. The van der Waals surface area contributed by atoms with Crippen molar-refractivity contribution in [3.63, 3.8) is 0 Å². The third kappa shape index (κ3) is 4.22. The van der Waals surface area contributed by atoms with E-state index < -0.39 is 35.0 Å². The average Bonchev–Trinajstić information content (AvgIpc) is 3.13. The molecule has 0 spiro atoms. The summed E-state index contributed by atoms with van der Waals surface area (Å²) in [5.41, 5.74) is 4.10. The number of ether oxygens (including phenoxy) is 3. The van der Waals surface area contributed by atoms with Gasteiger partial charge in [-0.1, -0.05) is 54.1 Å². The number of dihydropyridines is 1. The molecule has 0 saturated heterocycles. The van der Waals surface area contributed by atoms with E-state index in [2.05, 4.69) is 5.32 Å². The van der Waals surface area contributed by atoms with Gasteiger partial charge in [0.25, 0.3) is 0 Å². The smallest absolute Gasteiger partial charge is 0.336 e. The lowest BCUT2D eigenvalue weighted by molar-refractivity contribution is -0.139. The van der Waals surface area contributed by atoms with Crippen molar-refractivity contribution in [2.24, 2.45) is 5.73 Å². The second kappa shape index (κ2) is 10.9. The van der Waals surface area contributed by atoms with Crippen LogP contribution in [0.1, 0.15) is 46.0 Å². The molecule has 10 heteroatoms. The van der Waals surface area contributed by atoms with Gasteiger partial charge in [-0.3, -0.25) is 9.59 Å². The summed E-state index contributed by atoms with van der Waals surface area (Å²) >= 11 is 6.57. The van der Waals surface area contributed by atoms with Gasteiger partial charge >= 0.3 is 11.9 Å². The van der Waals surface area contributed by atoms with Crippen molar-refractivity contribution >= 4 is 35.1 Å². The van der Waals surface area contributed by atoms with E-state index in [-0.39, 0.29) is 58.4 Å². The molecule has 2 aromatic rings. The Bertz CT molecular complexity index is 1360. The summed E-state index contributed by atoms with van der Waals surface area (Å²) in [7, 11) is 1.21. The van der Waals surface area contributed by atoms with Gasteiger partial charge in [-0.05, 0) is 25.5 Å². The molecular weight excluding hydrogens is 512 g/mol. The number of fused-ring (bicyclic) bond motifs is 1. The zero-order chi connectivity index (χ0) is 27.6. The minimum Gasteiger partial charge on any atom is -0.466 e. The van der Waals surface area contributed by atoms with Crippen molar-refractivity contribution in [2.45, 2.75) is 25.4 Å². The molecule has 2 aliphatic rings. The summed E-state index contributed by atoms with van der Waals surface area (Å²) in [6.45, 7) is 3.00. The fraction of sp³-hybridized carbons (Fsp3) is 0.286. The van der Waals surface area contributed by atoms with Crippen LogP contribution in [0.4, 0.5) is 0 Å². The highest BCUT2D eigenvalue weighted by atomic mass is 35.5. The van der Waals surface area contributed by atoms with E-state index in [1.807, 2.05) is 0 Å². The molecule has 1 aliphatic heterocycles. The van der Waals surface area contributed by atoms with E-state index >= 15 is 0 Å². The molecule has 0 bridgehead atoms. The monoisotopic (exact) mass is 538 g/mol. The number of nitrogens with one attached hydrogen (secondary N) is 1. The van der Waals surface area contributed by atoms with Crippen molar-refractivity contribution in [1.29, 1.82) is 0 Å². The van der Waals surface area contributed by atoms with Crippen LogP contribution in [0.5, 0.6) is 0 Å². The van der Waals surface area contributed by atoms with Gasteiger partial charge in [0.1, 0.15) is 0 Å². The number of methoxy groups -OCH3 is 1. The van der Waals surface area contributed by atoms with Gasteiger partial charge in [0, 0.05) is 28.4 Å². The number of rotatable bonds is 8. The number of carbonyl (C=O) groups is 4. The number of esters is 2. The summed E-state index contributed by atoms with van der Waals surface area (Å²) in [6.07, 6.45) is 0. The minimum atomic E-state index is -2.27. The Kier molecular flexibility index (Phi) is 7.82. The summed E-state index contributed by atoms with van der Waals surface area (Å²) < 4.78 is 16.5. The molecule has 0 aromatic heterocycles. The van der Waals surface area contributed by atoms with Gasteiger partial charge in [-0.25, -0.2) is 9.59 Å². The number of benzene rings is 2. The largest absolute Gasteiger partial charge is 0.466 e. The lowest BCUT2D eigenvalue weighted by Gasteiger charge is -2.38. The van der Waals surface area contributed by atoms with E-state index in [4.69, 9.17) is 31.5 Å². The van der Waals surface area contributed by atoms with E-state index in [9.17, 15) is 19.2 Å². The number of allylic oxidation sites excluding steroid dienone is 1. The summed E-state index contributed by atoms with van der Waals surface area (Å²) in [5, 5.41) is 3.23. The quantitative estimate of drug-likeness (QED) is 0.384. The molecule has 3 N–H and O–H groups in total. The molecule has 0 radical (unpaired) electrons. The fourth-order valence-corrected chi connectivity index (χ4v) is 5.18. The predicted octanol–water partition coefficient (Wildman–Crippen LogP) is 3.08. The standard InChI is InChI=1S/C28H27ClN2O7/c1-4-37-27(35)22-21(18-11-7-8-12-19(18)29)20(26(34)36-3)15(2)31-23(22)28(38-14-13-30)24(32)16-9-5-6-10-17(16)25(28)33/h5-12,21,31H,4,13-14,30H2,1-3H3. The molecule has 2 aromatic carbocycles. The molecule has 9 nitrogen and oxygen atoms in total. The molecular formula is C28H27ClN2O7. The highest BCUT2D eigenvalue weighted by Gasteiger charge is 2.60. The van der Waals surface area contributed by atoms with E-state index in [0.717, 1.165) is 0 Å². The summed E-state index contributed by atoms with van der Waals surface area (Å²) in [6, 6.07) is 12.9. The first-order valence-electron chi connectivity index (χ1n) is 12.0. The van der Waals surface area contributed by atoms with Crippen molar-refractivity contribution in [3.8, 4) is 0 Å². The Morgan fingerprint density at radius 3 is 2.16 bits per heavy atom. The topological polar surface area (TPSA) is 134 Å². The minimum absolute atomic E-state index is 0.00313. The van der Waals surface area contributed by atoms with Crippen LogP contribution in [0.15, 0.2) is 71.1 Å². The zero-order valence-electron chi connectivity index (χ0n) is 21.1. The van der Waals surface area contributed by atoms with Gasteiger partial charge in [0.05, 0.1) is 43.1 Å². The number of carbonyl (C=O) groups excluding carboxylic acids is 4. The van der Waals surface area contributed by atoms with Crippen molar-refractivity contribution < 1.29 is 33.4 Å². The molecule has 0 fully saturated rings. The second-order valence-corrected chi connectivity index (χ2v) is 9.05. The van der Waals surface area contributed by atoms with Crippen LogP contribution in [0.2, 0.25) is 5.02 Å². The van der Waals surface area contributed by atoms with Crippen molar-refractivity contribution in [1.82, 2.24) is 5.32 Å². The summed E-state index contributed by atoms with van der Waals surface area (Å²) in [5.74, 6) is -4.06. The van der Waals surface area contributed by atoms with Gasteiger partial charge in [-0.15, -0.1) is 0 Å². The lowest BCUT2D eigenvalue weighted by atomic mass is 9.76. The first-order chi connectivity index (χ1) is 18.2. The first kappa shape index (κ1) is 27.3. The third-order valence-electron chi connectivity index (χ3n) is 6.52. The Morgan fingerprint density at radius 2 is 1.61 bits per heavy atom. The number of nitrogens with two attached hydrogens (primary N) is 1. The number of hydrogen-bond acceptors (Lipinski definition) is 9. The van der Waals surface area contributed by atoms with E-state index in [1.54, 1.807) is 50.2 Å². The van der Waals surface area contributed by atoms with Gasteiger partial charge in [0.15, 0.2) is 0 Å². The predicted molar refractivity (Wildman–Crippen MR) is 139 cm³/mol. The van der Waals surface area contributed by atoms with Gasteiger partial charge in [-0.2, -0.15) is 0 Å². The lowest BCUT2D eigenvalue weighted by Crippen LogP contribution is -2.53. The molecule has 198 valence electrons. The van der Waals surface area contributed by atoms with Crippen molar-refractivity contribution in [3.05, 3.63) is 92.8 Å². The van der Waals surface area contributed by atoms with Crippen LogP contribution in [0.25, 0.3) is 0 Å². The van der Waals surface area contributed by atoms with Crippen LogP contribution in [-0.2, 0) is 23.8 Å². The Balaban J connectivity index is 2.11. The van der Waals surface area contributed by atoms with Gasteiger partial charge in [0.2, 0.25) is 17.2 Å². The number of ketones is 2. The molecule has 0 saturated carbocycles. The van der Waals surface area contributed by atoms with E-state index in [0.29, 0.717) is 5.56 Å². The number of hydrogen-bond donors (Lipinski definition) is 2. The first-order valence-corrected chi connectivity index (χ1v) is 12.4. The molecule has 1 heterocycles. The van der Waals surface area contributed by atoms with Crippen LogP contribution in [-0.4, -0.2) is 56.0 Å². The Morgan fingerprint density at radius 1 is 1.00 bits per heavy atom. The second-order valence-electron chi connectivity index (χ2n) is 8.64. The zero-order valence-corrected chi connectivity index (χ0v) is 21.9. The molecule has 1 unspecified atom stereocenters. The average molecular weight is 539 g/mol. The maximum absolute atomic E-state index is 14.0. The van der Waals surface area contributed by atoms with Gasteiger partial charge < -0.3 is 25.3 Å². The third-order valence-corrected chi connectivity index (χ3v) is 6.87. The van der Waals surface area contributed by atoms with E-state index in [1.165, 1.54) is 19.2 Å². The maximum atomic E-state index is 14.0. The molecule has 1 aliphatic carbocycles. The van der Waals surface area contributed by atoms with Crippen LogP contribution in [0.3, 0.4) is 0 Å². The SMILES string of the molecule is CCOC(=O)C1=C(C2(OCCN)C(=O)c3ccccc3C2=O)NC(C)=C(C(=O)OC)C1c1ccccc1Cl. The van der Waals surface area contributed by atoms with Crippen LogP contribution >= 0.6 is 11.6 Å². The molecule has 4 rings (SSSR count). The molecule has 1 atom stereocenters.